The average molecular weight is 394 g/mol. The van der Waals surface area contributed by atoms with Crippen LogP contribution in [0.15, 0.2) is 65.8 Å². The Labute approximate surface area is 172 Å². The van der Waals surface area contributed by atoms with Gasteiger partial charge < -0.3 is 9.84 Å². The number of aliphatic hydroxyl groups is 1. The van der Waals surface area contributed by atoms with Gasteiger partial charge in [-0.2, -0.15) is 0 Å². The molecule has 2 aromatic carbocycles. The van der Waals surface area contributed by atoms with Crippen molar-refractivity contribution in [3.63, 3.8) is 0 Å². The maximum atomic E-state index is 14.2. The molecule has 0 spiro atoms. The SMILES string of the molecule is Cc1ccc(F)c(-c2cccc(OCC(O)CN3CCC4=C(C=CC4C)C3)c2)c1. The highest BCUT2D eigenvalue weighted by atomic mass is 19.1. The van der Waals surface area contributed by atoms with Gasteiger partial charge in [0.15, 0.2) is 0 Å². The maximum absolute atomic E-state index is 14.2. The van der Waals surface area contributed by atoms with Crippen molar-refractivity contribution in [3.05, 3.63) is 77.1 Å². The van der Waals surface area contributed by atoms with Gasteiger partial charge in [-0.15, -0.1) is 0 Å². The van der Waals surface area contributed by atoms with E-state index in [1.165, 1.54) is 11.6 Å². The zero-order valence-electron chi connectivity index (χ0n) is 17.1. The normalized spacial score (nSPS) is 20.1. The lowest BCUT2D eigenvalue weighted by atomic mass is 9.95. The molecule has 1 aliphatic carbocycles. The second-order valence-electron chi connectivity index (χ2n) is 8.16. The van der Waals surface area contributed by atoms with E-state index in [4.69, 9.17) is 4.74 Å². The molecule has 1 N–H and O–H groups in total. The van der Waals surface area contributed by atoms with Crippen molar-refractivity contribution in [2.45, 2.75) is 26.4 Å². The van der Waals surface area contributed by atoms with E-state index in [1.54, 1.807) is 11.6 Å². The summed E-state index contributed by atoms with van der Waals surface area (Å²) in [7, 11) is 0. The summed E-state index contributed by atoms with van der Waals surface area (Å²) in [6.45, 7) is 6.87. The Bertz CT molecular complexity index is 950. The molecule has 2 aromatic rings. The first-order chi connectivity index (χ1) is 14.0. The Morgan fingerprint density at radius 1 is 1.24 bits per heavy atom. The number of halogens is 1. The van der Waals surface area contributed by atoms with Gasteiger partial charge in [-0.3, -0.25) is 4.90 Å². The van der Waals surface area contributed by atoms with Crippen molar-refractivity contribution in [2.24, 2.45) is 5.92 Å². The molecule has 0 bridgehead atoms. The van der Waals surface area contributed by atoms with Gasteiger partial charge >= 0.3 is 0 Å². The summed E-state index contributed by atoms with van der Waals surface area (Å²) in [5.74, 6) is 0.950. The minimum absolute atomic E-state index is 0.217. The van der Waals surface area contributed by atoms with Crippen molar-refractivity contribution in [1.29, 1.82) is 0 Å². The maximum Gasteiger partial charge on any atom is 0.131 e. The summed E-state index contributed by atoms with van der Waals surface area (Å²) in [5.41, 5.74) is 5.30. The first-order valence-electron chi connectivity index (χ1n) is 10.3. The number of hydrogen-bond donors (Lipinski definition) is 1. The quantitative estimate of drug-likeness (QED) is 0.769. The topological polar surface area (TPSA) is 32.7 Å². The molecule has 0 fully saturated rings. The summed E-state index contributed by atoms with van der Waals surface area (Å²) in [6.07, 6.45) is 4.99. The summed E-state index contributed by atoms with van der Waals surface area (Å²) in [4.78, 5) is 2.29. The smallest absolute Gasteiger partial charge is 0.131 e. The third-order valence-corrected chi connectivity index (χ3v) is 5.82. The van der Waals surface area contributed by atoms with Crippen LogP contribution in [0.5, 0.6) is 5.75 Å². The van der Waals surface area contributed by atoms with Gasteiger partial charge in [-0.1, -0.05) is 48.4 Å². The second kappa shape index (κ2) is 8.52. The van der Waals surface area contributed by atoms with Crippen LogP contribution in [0.25, 0.3) is 11.1 Å². The van der Waals surface area contributed by atoms with Crippen LogP contribution in [0.3, 0.4) is 0 Å². The minimum Gasteiger partial charge on any atom is -0.491 e. The lowest BCUT2D eigenvalue weighted by molar-refractivity contribution is 0.0700. The average Bonchev–Trinajstić information content (AvgIpc) is 3.09. The van der Waals surface area contributed by atoms with Crippen LogP contribution in [0.1, 0.15) is 18.9 Å². The van der Waals surface area contributed by atoms with E-state index < -0.39 is 6.10 Å². The number of hydrogen-bond acceptors (Lipinski definition) is 3. The van der Waals surface area contributed by atoms with Crippen LogP contribution in [-0.2, 0) is 0 Å². The highest BCUT2D eigenvalue weighted by Crippen LogP contribution is 2.32. The first-order valence-corrected chi connectivity index (χ1v) is 10.3. The van der Waals surface area contributed by atoms with Gasteiger partial charge in [0, 0.05) is 25.2 Å². The van der Waals surface area contributed by atoms with E-state index in [1.807, 2.05) is 37.3 Å². The number of benzene rings is 2. The monoisotopic (exact) mass is 393 g/mol. The lowest BCUT2D eigenvalue weighted by Crippen LogP contribution is -2.39. The van der Waals surface area contributed by atoms with E-state index in [0.29, 0.717) is 23.8 Å². The Morgan fingerprint density at radius 3 is 2.97 bits per heavy atom. The van der Waals surface area contributed by atoms with Gasteiger partial charge in [-0.25, -0.2) is 4.39 Å². The van der Waals surface area contributed by atoms with Crippen molar-refractivity contribution in [2.75, 3.05) is 26.2 Å². The van der Waals surface area contributed by atoms with Crippen molar-refractivity contribution < 1.29 is 14.2 Å². The van der Waals surface area contributed by atoms with Crippen LogP contribution in [0, 0.1) is 18.7 Å². The van der Waals surface area contributed by atoms with Crippen molar-refractivity contribution in [1.82, 2.24) is 4.90 Å². The van der Waals surface area contributed by atoms with E-state index in [-0.39, 0.29) is 12.4 Å². The fourth-order valence-electron chi connectivity index (χ4n) is 4.23. The molecule has 1 aliphatic heterocycles. The molecule has 0 amide bonds. The number of nitrogens with zero attached hydrogens (tertiary/aromatic N) is 1. The van der Waals surface area contributed by atoms with E-state index in [0.717, 1.165) is 30.6 Å². The van der Waals surface area contributed by atoms with Gasteiger partial charge in [0.1, 0.15) is 24.3 Å². The molecule has 29 heavy (non-hydrogen) atoms. The van der Waals surface area contributed by atoms with Gasteiger partial charge in [0.2, 0.25) is 0 Å². The molecule has 1 heterocycles. The highest BCUT2D eigenvalue weighted by molar-refractivity contribution is 5.66. The van der Waals surface area contributed by atoms with Crippen molar-refractivity contribution >= 4 is 0 Å². The Morgan fingerprint density at radius 2 is 2.10 bits per heavy atom. The van der Waals surface area contributed by atoms with Crippen LogP contribution >= 0.6 is 0 Å². The zero-order chi connectivity index (χ0) is 20.4. The van der Waals surface area contributed by atoms with E-state index >= 15 is 0 Å². The number of β-amino-alcohol motifs (C(OH)–C–C–N with tert-alkyl or cyclic N) is 1. The summed E-state index contributed by atoms with van der Waals surface area (Å²) >= 11 is 0. The molecule has 2 unspecified atom stereocenters. The largest absolute Gasteiger partial charge is 0.491 e. The molecule has 0 saturated carbocycles. The summed E-state index contributed by atoms with van der Waals surface area (Å²) < 4.78 is 20.0. The van der Waals surface area contributed by atoms with Crippen LogP contribution in [0.2, 0.25) is 0 Å². The fraction of sp³-hybridized carbons (Fsp3) is 0.360. The molecule has 0 saturated heterocycles. The molecule has 3 nitrogen and oxygen atoms in total. The molecule has 4 heteroatoms. The summed E-state index contributed by atoms with van der Waals surface area (Å²) in [6, 6.07) is 12.5. The van der Waals surface area contributed by atoms with Gasteiger partial charge in [0.25, 0.3) is 0 Å². The number of ether oxygens (including phenoxy) is 1. The molecular formula is C25H28FNO2. The molecule has 2 atom stereocenters. The number of allylic oxidation sites excluding steroid dienone is 1. The third kappa shape index (κ3) is 4.60. The van der Waals surface area contributed by atoms with E-state index in [9.17, 15) is 9.50 Å². The predicted octanol–water partition coefficient (Wildman–Crippen LogP) is 4.75. The van der Waals surface area contributed by atoms with Crippen LogP contribution in [-0.4, -0.2) is 42.4 Å². The number of rotatable bonds is 6. The predicted molar refractivity (Wildman–Crippen MR) is 114 cm³/mol. The molecule has 0 radical (unpaired) electrons. The Kier molecular flexibility index (Phi) is 5.84. The van der Waals surface area contributed by atoms with Gasteiger partial charge in [-0.05, 0) is 54.7 Å². The van der Waals surface area contributed by atoms with Crippen molar-refractivity contribution in [3.8, 4) is 16.9 Å². The van der Waals surface area contributed by atoms with Gasteiger partial charge in [0.05, 0.1) is 0 Å². The molecule has 2 aliphatic rings. The lowest BCUT2D eigenvalue weighted by Gasteiger charge is -2.30. The number of aliphatic hydroxyl groups excluding tert-OH is 1. The number of aryl methyl sites for hydroxylation is 1. The fourth-order valence-corrected chi connectivity index (χ4v) is 4.23. The Balaban J connectivity index is 1.34. The van der Waals surface area contributed by atoms with Crippen LogP contribution < -0.4 is 4.74 Å². The minimum atomic E-state index is -0.570. The first kappa shape index (κ1) is 19.9. The molecule has 4 rings (SSSR count). The standard InChI is InChI=1S/C25H28FNO2/c1-17-6-9-25(26)24(12-17)19-4-3-5-22(13-19)29-16-21(28)15-27-11-10-23-18(2)7-8-20(23)14-27/h3-9,12-13,18,21,28H,10-11,14-16H2,1-2H3. The highest BCUT2D eigenvalue weighted by Gasteiger charge is 2.24. The zero-order valence-corrected chi connectivity index (χ0v) is 17.1. The second-order valence-corrected chi connectivity index (χ2v) is 8.16. The molecule has 152 valence electrons. The molecule has 0 aromatic heterocycles. The van der Waals surface area contributed by atoms with Crippen LogP contribution in [0.4, 0.5) is 4.39 Å². The molecular weight excluding hydrogens is 365 g/mol. The summed E-state index contributed by atoms with van der Waals surface area (Å²) in [5, 5.41) is 10.5. The third-order valence-electron chi connectivity index (χ3n) is 5.82. The van der Waals surface area contributed by atoms with E-state index in [2.05, 4.69) is 24.0 Å². The Hall–Kier alpha value is -2.43.